The fraction of sp³-hybridized carbons (Fsp3) is 0.429. The van der Waals surface area contributed by atoms with E-state index in [2.05, 4.69) is 36.6 Å². The highest BCUT2D eigenvalue weighted by molar-refractivity contribution is 7.17. The average Bonchev–Trinajstić information content (AvgIpc) is 2.73. The molecule has 2 rings (SSSR count). The highest BCUT2D eigenvalue weighted by Crippen LogP contribution is 2.33. The molecule has 0 saturated carbocycles. The van der Waals surface area contributed by atoms with Crippen LogP contribution in [0.5, 0.6) is 0 Å². The Balaban J connectivity index is 2.13. The molecule has 2 aromatic rings. The van der Waals surface area contributed by atoms with Crippen LogP contribution in [0.15, 0.2) is 29.6 Å². The zero-order chi connectivity index (χ0) is 11.4. The molecule has 0 aliphatic carbocycles. The molecule has 16 heavy (non-hydrogen) atoms. The largest absolute Gasteiger partial charge is 0.385 e. The van der Waals surface area contributed by atoms with Crippen LogP contribution in [0.2, 0.25) is 0 Å². The van der Waals surface area contributed by atoms with Gasteiger partial charge in [-0.05, 0) is 41.2 Å². The second-order valence-electron chi connectivity index (χ2n) is 4.22. The Hall–Kier alpha value is -0.860. The quantitative estimate of drug-likeness (QED) is 0.695. The first-order valence-electron chi connectivity index (χ1n) is 5.78. The van der Waals surface area contributed by atoms with E-state index in [-0.39, 0.29) is 0 Å². The molecule has 86 valence electrons. The third kappa shape index (κ3) is 2.45. The van der Waals surface area contributed by atoms with Crippen molar-refractivity contribution in [3.63, 3.8) is 0 Å². The summed E-state index contributed by atoms with van der Waals surface area (Å²) in [5.74, 6) is 0.631. The number of ether oxygens (including phenoxy) is 1. The molecule has 0 aliphatic rings. The Bertz CT molecular complexity index is 447. The summed E-state index contributed by atoms with van der Waals surface area (Å²) >= 11 is 1.85. The minimum atomic E-state index is 0.631. The molecule has 0 spiro atoms. The maximum Gasteiger partial charge on any atom is 0.0462 e. The maximum absolute atomic E-state index is 5.10. The van der Waals surface area contributed by atoms with Crippen molar-refractivity contribution in [3.05, 3.63) is 35.2 Å². The SMILES string of the molecule is COCCCC(C)c1csc2ccccc12. The third-order valence-corrected chi connectivity index (χ3v) is 4.01. The molecule has 1 unspecified atom stereocenters. The summed E-state index contributed by atoms with van der Waals surface area (Å²) < 4.78 is 6.50. The fourth-order valence-electron chi connectivity index (χ4n) is 2.07. The minimum Gasteiger partial charge on any atom is -0.385 e. The molecule has 0 aliphatic heterocycles. The number of thiophene rings is 1. The van der Waals surface area contributed by atoms with Crippen LogP contribution in [0.3, 0.4) is 0 Å². The van der Waals surface area contributed by atoms with Crippen LogP contribution in [0.25, 0.3) is 10.1 Å². The molecule has 1 aromatic carbocycles. The molecule has 2 heteroatoms. The van der Waals surface area contributed by atoms with E-state index in [4.69, 9.17) is 4.74 Å². The van der Waals surface area contributed by atoms with Gasteiger partial charge in [-0.2, -0.15) is 0 Å². The first kappa shape index (κ1) is 11.6. The molecule has 0 amide bonds. The second kappa shape index (κ2) is 5.46. The van der Waals surface area contributed by atoms with Crippen molar-refractivity contribution < 1.29 is 4.74 Å². The van der Waals surface area contributed by atoms with Crippen molar-refractivity contribution in [3.8, 4) is 0 Å². The van der Waals surface area contributed by atoms with E-state index in [0.717, 1.165) is 13.0 Å². The van der Waals surface area contributed by atoms with Gasteiger partial charge in [0.05, 0.1) is 0 Å². The first-order chi connectivity index (χ1) is 7.83. The van der Waals surface area contributed by atoms with Crippen molar-refractivity contribution in [2.24, 2.45) is 0 Å². The Labute approximate surface area is 101 Å². The van der Waals surface area contributed by atoms with Crippen molar-refractivity contribution in [1.29, 1.82) is 0 Å². The molecule has 0 N–H and O–H groups in total. The summed E-state index contributed by atoms with van der Waals surface area (Å²) in [6, 6.07) is 8.66. The summed E-state index contributed by atoms with van der Waals surface area (Å²) in [5, 5.41) is 3.74. The number of benzene rings is 1. The molecule has 0 bridgehead atoms. The molecule has 1 atom stereocenters. The lowest BCUT2D eigenvalue weighted by Gasteiger charge is -2.10. The smallest absolute Gasteiger partial charge is 0.0462 e. The van der Waals surface area contributed by atoms with Gasteiger partial charge < -0.3 is 4.74 Å². The van der Waals surface area contributed by atoms with Gasteiger partial charge in [-0.25, -0.2) is 0 Å². The molecule has 1 heterocycles. The van der Waals surface area contributed by atoms with Crippen LogP contribution in [0.1, 0.15) is 31.2 Å². The number of rotatable bonds is 5. The lowest BCUT2D eigenvalue weighted by molar-refractivity contribution is 0.191. The van der Waals surface area contributed by atoms with E-state index >= 15 is 0 Å². The van der Waals surface area contributed by atoms with Crippen molar-refractivity contribution in [2.45, 2.75) is 25.7 Å². The van der Waals surface area contributed by atoms with Crippen LogP contribution in [0.4, 0.5) is 0 Å². The summed E-state index contributed by atoms with van der Waals surface area (Å²) in [4.78, 5) is 0. The van der Waals surface area contributed by atoms with Gasteiger partial charge in [0.1, 0.15) is 0 Å². The lowest BCUT2D eigenvalue weighted by atomic mass is 9.96. The molecule has 0 saturated heterocycles. The Kier molecular flexibility index (Phi) is 3.97. The summed E-state index contributed by atoms with van der Waals surface area (Å²) in [5.41, 5.74) is 1.50. The van der Waals surface area contributed by atoms with Gasteiger partial charge in [0, 0.05) is 18.4 Å². The maximum atomic E-state index is 5.10. The van der Waals surface area contributed by atoms with E-state index in [1.807, 2.05) is 11.3 Å². The van der Waals surface area contributed by atoms with Gasteiger partial charge in [0.25, 0.3) is 0 Å². The predicted molar refractivity (Wildman–Crippen MR) is 71.4 cm³/mol. The van der Waals surface area contributed by atoms with Crippen molar-refractivity contribution >= 4 is 21.4 Å². The first-order valence-corrected chi connectivity index (χ1v) is 6.66. The summed E-state index contributed by atoms with van der Waals surface area (Å²) in [6.07, 6.45) is 2.34. The van der Waals surface area contributed by atoms with Crippen molar-refractivity contribution in [2.75, 3.05) is 13.7 Å². The topological polar surface area (TPSA) is 9.23 Å². The van der Waals surface area contributed by atoms with Crippen LogP contribution in [-0.2, 0) is 4.74 Å². The Morgan fingerprint density at radius 3 is 2.94 bits per heavy atom. The average molecular weight is 234 g/mol. The zero-order valence-corrected chi connectivity index (χ0v) is 10.7. The standard InChI is InChI=1S/C14H18OS/c1-11(6-5-9-15-2)13-10-16-14-8-4-3-7-12(13)14/h3-4,7-8,10-11H,5-6,9H2,1-2H3. The van der Waals surface area contributed by atoms with Gasteiger partial charge in [-0.15, -0.1) is 11.3 Å². The van der Waals surface area contributed by atoms with Crippen LogP contribution < -0.4 is 0 Å². The van der Waals surface area contributed by atoms with Crippen molar-refractivity contribution in [1.82, 2.24) is 0 Å². The summed E-state index contributed by atoms with van der Waals surface area (Å²) in [6.45, 7) is 3.18. The second-order valence-corrected chi connectivity index (χ2v) is 5.13. The van der Waals surface area contributed by atoms with Gasteiger partial charge in [0.2, 0.25) is 0 Å². The van der Waals surface area contributed by atoms with E-state index in [1.54, 1.807) is 7.11 Å². The van der Waals surface area contributed by atoms with E-state index < -0.39 is 0 Å². The van der Waals surface area contributed by atoms with Gasteiger partial charge in [0.15, 0.2) is 0 Å². The number of hydrogen-bond acceptors (Lipinski definition) is 2. The number of methoxy groups -OCH3 is 1. The molecule has 1 nitrogen and oxygen atoms in total. The van der Waals surface area contributed by atoms with E-state index in [9.17, 15) is 0 Å². The van der Waals surface area contributed by atoms with Gasteiger partial charge in [-0.1, -0.05) is 25.1 Å². The zero-order valence-electron chi connectivity index (χ0n) is 9.90. The highest BCUT2D eigenvalue weighted by Gasteiger charge is 2.10. The number of hydrogen-bond donors (Lipinski definition) is 0. The molecule has 0 fully saturated rings. The molecule has 1 aromatic heterocycles. The highest BCUT2D eigenvalue weighted by atomic mass is 32.1. The monoisotopic (exact) mass is 234 g/mol. The Morgan fingerprint density at radius 1 is 1.31 bits per heavy atom. The summed E-state index contributed by atoms with van der Waals surface area (Å²) in [7, 11) is 1.77. The van der Waals surface area contributed by atoms with E-state index in [0.29, 0.717) is 5.92 Å². The predicted octanol–water partition coefficient (Wildman–Crippen LogP) is 4.43. The van der Waals surface area contributed by atoms with Crippen LogP contribution >= 0.6 is 11.3 Å². The molecular weight excluding hydrogens is 216 g/mol. The third-order valence-electron chi connectivity index (χ3n) is 3.03. The fourth-order valence-corrected chi connectivity index (χ4v) is 3.15. The Morgan fingerprint density at radius 2 is 2.12 bits per heavy atom. The lowest BCUT2D eigenvalue weighted by Crippen LogP contribution is -1.96. The normalized spacial score (nSPS) is 13.1. The molecule has 0 radical (unpaired) electrons. The number of fused-ring (bicyclic) bond motifs is 1. The minimum absolute atomic E-state index is 0.631. The molecular formula is C14H18OS. The van der Waals surface area contributed by atoms with Crippen LogP contribution in [-0.4, -0.2) is 13.7 Å². The van der Waals surface area contributed by atoms with E-state index in [1.165, 1.54) is 22.1 Å². The van der Waals surface area contributed by atoms with Crippen LogP contribution in [0, 0.1) is 0 Å². The van der Waals surface area contributed by atoms with Gasteiger partial charge >= 0.3 is 0 Å². The van der Waals surface area contributed by atoms with Gasteiger partial charge in [-0.3, -0.25) is 0 Å².